The van der Waals surface area contributed by atoms with Crippen LogP contribution in [0.15, 0.2) is 41.5 Å². The van der Waals surface area contributed by atoms with Crippen LogP contribution in [0.2, 0.25) is 0 Å². The Kier molecular flexibility index (Phi) is 8.45. The summed E-state index contributed by atoms with van der Waals surface area (Å²) in [4.78, 5) is 20.4. The Labute approximate surface area is 173 Å². The molecule has 7 nitrogen and oxygen atoms in total. The van der Waals surface area contributed by atoms with E-state index >= 15 is 0 Å². The van der Waals surface area contributed by atoms with E-state index in [1.807, 2.05) is 39.8 Å². The average Bonchev–Trinajstić information content (AvgIpc) is 2.67. The van der Waals surface area contributed by atoms with Gasteiger partial charge in [-0.1, -0.05) is 18.2 Å². The van der Waals surface area contributed by atoms with Crippen LogP contribution in [-0.4, -0.2) is 36.5 Å². The molecule has 1 heterocycles. The normalized spacial score (nSPS) is 11.3. The van der Waals surface area contributed by atoms with Crippen molar-refractivity contribution in [2.24, 2.45) is 4.99 Å². The maximum absolute atomic E-state index is 12.1. The number of nitrogens with one attached hydrogen (secondary N) is 3. The van der Waals surface area contributed by atoms with Crippen LogP contribution < -0.4 is 20.7 Å². The fourth-order valence-electron chi connectivity index (χ4n) is 2.61. The van der Waals surface area contributed by atoms with Gasteiger partial charge in [-0.2, -0.15) is 0 Å². The van der Waals surface area contributed by atoms with Gasteiger partial charge in [-0.15, -0.1) is 0 Å². The lowest BCUT2D eigenvalue weighted by Gasteiger charge is -2.17. The number of aromatic nitrogens is 1. The molecule has 2 rings (SSSR count). The summed E-state index contributed by atoms with van der Waals surface area (Å²) in [5.41, 5.74) is 3.26. The lowest BCUT2D eigenvalue weighted by molar-refractivity contribution is -0.116. The summed E-state index contributed by atoms with van der Waals surface area (Å²) in [5.74, 6) is 1.95. The van der Waals surface area contributed by atoms with E-state index in [1.54, 1.807) is 19.3 Å². The number of carbonyl (C=O) groups excluding carboxylic acids is 1. The van der Waals surface area contributed by atoms with Gasteiger partial charge in [0.15, 0.2) is 5.96 Å². The van der Waals surface area contributed by atoms with Crippen molar-refractivity contribution in [2.75, 3.05) is 18.9 Å². The largest absolute Gasteiger partial charge is 0.491 e. The highest BCUT2D eigenvalue weighted by Gasteiger charge is 2.08. The molecule has 7 heteroatoms. The molecule has 0 radical (unpaired) electrons. The Morgan fingerprint density at radius 3 is 2.55 bits per heavy atom. The number of aryl methyl sites for hydroxylation is 2. The summed E-state index contributed by atoms with van der Waals surface area (Å²) in [5, 5.41) is 9.20. The summed E-state index contributed by atoms with van der Waals surface area (Å²) in [6, 6.07) is 9.85. The number of pyridine rings is 1. The number of aliphatic imine (C=N–C) groups is 1. The van der Waals surface area contributed by atoms with Crippen molar-refractivity contribution in [2.45, 2.75) is 46.8 Å². The summed E-state index contributed by atoms with van der Waals surface area (Å²) in [6.07, 6.45) is 2.14. The monoisotopic (exact) mass is 397 g/mol. The standard InChI is InChI=1S/C22H31N5O2/c1-15(2)29-19-12-16(3)6-8-18(19)14-26-22(23-5)24-11-10-21(28)27-20-9-7-17(4)13-25-20/h6-9,12-13,15H,10-11,14H2,1-5H3,(H2,23,24,26)(H,25,27,28). The van der Waals surface area contributed by atoms with Crippen LogP contribution in [0.25, 0.3) is 0 Å². The Balaban J connectivity index is 1.81. The fourth-order valence-corrected chi connectivity index (χ4v) is 2.61. The molecule has 0 spiro atoms. The number of carbonyl (C=O) groups is 1. The van der Waals surface area contributed by atoms with Crippen LogP contribution >= 0.6 is 0 Å². The molecule has 0 bridgehead atoms. The molecule has 0 aliphatic rings. The number of ether oxygens (including phenoxy) is 1. The summed E-state index contributed by atoms with van der Waals surface area (Å²) in [7, 11) is 1.70. The number of anilines is 1. The number of hydrogen-bond acceptors (Lipinski definition) is 4. The highest BCUT2D eigenvalue weighted by atomic mass is 16.5. The third kappa shape index (κ3) is 7.81. The molecule has 1 aromatic heterocycles. The van der Waals surface area contributed by atoms with Gasteiger partial charge in [0.2, 0.25) is 5.91 Å². The SMILES string of the molecule is CN=C(NCCC(=O)Nc1ccc(C)cn1)NCc1ccc(C)cc1OC(C)C. The zero-order chi connectivity index (χ0) is 21.2. The molecule has 0 fully saturated rings. The van der Waals surface area contributed by atoms with Crippen LogP contribution in [-0.2, 0) is 11.3 Å². The zero-order valence-electron chi connectivity index (χ0n) is 17.9. The molecule has 0 unspecified atom stereocenters. The van der Waals surface area contributed by atoms with Crippen LogP contribution in [0.5, 0.6) is 5.75 Å². The van der Waals surface area contributed by atoms with Crippen molar-refractivity contribution in [3.63, 3.8) is 0 Å². The minimum atomic E-state index is -0.101. The van der Waals surface area contributed by atoms with Crippen LogP contribution in [0, 0.1) is 13.8 Å². The molecule has 1 aromatic carbocycles. The molecule has 0 saturated heterocycles. The van der Waals surface area contributed by atoms with Gasteiger partial charge in [0, 0.05) is 38.3 Å². The number of guanidine groups is 1. The van der Waals surface area contributed by atoms with Crippen molar-refractivity contribution in [1.29, 1.82) is 0 Å². The fraction of sp³-hybridized carbons (Fsp3) is 0.409. The van der Waals surface area contributed by atoms with Gasteiger partial charge in [-0.25, -0.2) is 4.98 Å². The number of benzene rings is 1. The molecule has 3 N–H and O–H groups in total. The minimum absolute atomic E-state index is 0.101. The molecule has 29 heavy (non-hydrogen) atoms. The average molecular weight is 398 g/mol. The van der Waals surface area contributed by atoms with Crippen LogP contribution in [0.1, 0.15) is 37.0 Å². The van der Waals surface area contributed by atoms with Gasteiger partial charge in [-0.3, -0.25) is 9.79 Å². The van der Waals surface area contributed by atoms with E-state index in [2.05, 4.69) is 38.1 Å². The lowest BCUT2D eigenvalue weighted by Crippen LogP contribution is -2.38. The van der Waals surface area contributed by atoms with Crippen molar-refractivity contribution in [1.82, 2.24) is 15.6 Å². The van der Waals surface area contributed by atoms with Gasteiger partial charge in [-0.05, 0) is 51.0 Å². The van der Waals surface area contributed by atoms with Crippen LogP contribution in [0.4, 0.5) is 5.82 Å². The molecule has 0 aliphatic carbocycles. The van der Waals surface area contributed by atoms with E-state index in [1.165, 1.54) is 0 Å². The van der Waals surface area contributed by atoms with Gasteiger partial charge in [0.1, 0.15) is 11.6 Å². The summed E-state index contributed by atoms with van der Waals surface area (Å²) in [6.45, 7) is 9.05. The van der Waals surface area contributed by atoms with Crippen molar-refractivity contribution >= 4 is 17.7 Å². The van der Waals surface area contributed by atoms with Gasteiger partial charge in [0.05, 0.1) is 6.10 Å². The Hall–Kier alpha value is -3.09. The van der Waals surface area contributed by atoms with Crippen LogP contribution in [0.3, 0.4) is 0 Å². The van der Waals surface area contributed by atoms with E-state index in [9.17, 15) is 4.79 Å². The first-order valence-electron chi connectivity index (χ1n) is 9.80. The molecule has 1 amide bonds. The van der Waals surface area contributed by atoms with E-state index in [-0.39, 0.29) is 12.0 Å². The van der Waals surface area contributed by atoms with E-state index in [0.717, 1.165) is 22.4 Å². The van der Waals surface area contributed by atoms with E-state index in [0.29, 0.717) is 31.3 Å². The Morgan fingerprint density at radius 2 is 1.90 bits per heavy atom. The highest BCUT2D eigenvalue weighted by Crippen LogP contribution is 2.21. The molecular weight excluding hydrogens is 366 g/mol. The first-order valence-corrected chi connectivity index (χ1v) is 9.80. The second-order valence-corrected chi connectivity index (χ2v) is 7.15. The van der Waals surface area contributed by atoms with Crippen molar-refractivity contribution in [3.8, 4) is 5.75 Å². The molecule has 0 saturated carbocycles. The zero-order valence-corrected chi connectivity index (χ0v) is 17.9. The smallest absolute Gasteiger partial charge is 0.227 e. The maximum atomic E-state index is 12.1. The van der Waals surface area contributed by atoms with Gasteiger partial charge < -0.3 is 20.7 Å². The van der Waals surface area contributed by atoms with Gasteiger partial charge >= 0.3 is 0 Å². The Morgan fingerprint density at radius 1 is 1.14 bits per heavy atom. The minimum Gasteiger partial charge on any atom is -0.491 e. The first kappa shape index (κ1) is 22.2. The quantitative estimate of drug-likeness (QED) is 0.470. The molecule has 2 aromatic rings. The second-order valence-electron chi connectivity index (χ2n) is 7.15. The topological polar surface area (TPSA) is 87.6 Å². The molecular formula is C22H31N5O2. The third-order valence-electron chi connectivity index (χ3n) is 4.08. The molecule has 0 aliphatic heterocycles. The highest BCUT2D eigenvalue weighted by molar-refractivity contribution is 5.90. The third-order valence-corrected chi connectivity index (χ3v) is 4.08. The maximum Gasteiger partial charge on any atom is 0.227 e. The Bertz CT molecular complexity index is 832. The first-order chi connectivity index (χ1) is 13.9. The molecule has 0 atom stereocenters. The summed E-state index contributed by atoms with van der Waals surface area (Å²) < 4.78 is 5.91. The van der Waals surface area contributed by atoms with Crippen molar-refractivity contribution < 1.29 is 9.53 Å². The van der Waals surface area contributed by atoms with Gasteiger partial charge in [0.25, 0.3) is 0 Å². The lowest BCUT2D eigenvalue weighted by atomic mass is 10.1. The number of amides is 1. The van der Waals surface area contributed by atoms with E-state index < -0.39 is 0 Å². The summed E-state index contributed by atoms with van der Waals surface area (Å²) >= 11 is 0. The van der Waals surface area contributed by atoms with Crippen molar-refractivity contribution in [3.05, 3.63) is 53.2 Å². The number of nitrogens with zero attached hydrogens (tertiary/aromatic N) is 2. The molecule has 156 valence electrons. The number of rotatable bonds is 8. The van der Waals surface area contributed by atoms with E-state index in [4.69, 9.17) is 4.74 Å². The number of hydrogen-bond donors (Lipinski definition) is 3. The second kappa shape index (κ2) is 11.0. The predicted octanol–water partition coefficient (Wildman–Crippen LogP) is 3.18. The predicted molar refractivity (Wildman–Crippen MR) is 117 cm³/mol.